The minimum Gasteiger partial charge on any atom is -0.384 e. The van der Waals surface area contributed by atoms with Crippen LogP contribution in [0.15, 0.2) is 23.2 Å². The first-order valence-electron chi connectivity index (χ1n) is 7.81. The first-order valence-corrected chi connectivity index (χ1v) is 9.25. The summed E-state index contributed by atoms with van der Waals surface area (Å²) in [6, 6.07) is 3.31. The number of anilines is 1. The fourth-order valence-corrected chi connectivity index (χ4v) is 4.82. The molecule has 0 bridgehead atoms. The summed E-state index contributed by atoms with van der Waals surface area (Å²) in [5.74, 6) is 0.857. The summed E-state index contributed by atoms with van der Waals surface area (Å²) >= 11 is 0. The number of hydrogen-bond donors (Lipinski definition) is 1. The van der Waals surface area contributed by atoms with Crippen molar-refractivity contribution in [3.05, 3.63) is 18.3 Å². The van der Waals surface area contributed by atoms with Crippen LogP contribution in [0, 0.1) is 5.92 Å². The van der Waals surface area contributed by atoms with Gasteiger partial charge in [-0.1, -0.05) is 19.3 Å². The van der Waals surface area contributed by atoms with E-state index in [1.165, 1.54) is 25.5 Å². The second-order valence-electron chi connectivity index (χ2n) is 6.23. The predicted octanol–water partition coefficient (Wildman–Crippen LogP) is 2.40. The Morgan fingerprint density at radius 3 is 2.43 bits per heavy atom. The summed E-state index contributed by atoms with van der Waals surface area (Å²) < 4.78 is 27.4. The van der Waals surface area contributed by atoms with E-state index in [1.54, 1.807) is 16.4 Å². The lowest BCUT2D eigenvalue weighted by atomic mass is 9.89. The maximum absolute atomic E-state index is 12.8. The summed E-state index contributed by atoms with van der Waals surface area (Å²) in [5, 5.41) is 0. The van der Waals surface area contributed by atoms with Crippen molar-refractivity contribution in [1.82, 2.24) is 9.29 Å². The van der Waals surface area contributed by atoms with Crippen molar-refractivity contribution < 1.29 is 8.42 Å². The predicted molar refractivity (Wildman–Crippen MR) is 82.1 cm³/mol. The largest absolute Gasteiger partial charge is 0.384 e. The Morgan fingerprint density at radius 1 is 1.14 bits per heavy atom. The molecule has 5 nitrogen and oxygen atoms in total. The Hall–Kier alpha value is -1.14. The van der Waals surface area contributed by atoms with Crippen LogP contribution in [-0.4, -0.2) is 30.3 Å². The van der Waals surface area contributed by atoms with Crippen LogP contribution in [0.1, 0.15) is 44.9 Å². The highest BCUT2D eigenvalue weighted by Gasteiger charge is 2.39. The highest BCUT2D eigenvalue weighted by atomic mass is 32.2. The minimum absolute atomic E-state index is 0.189. The zero-order valence-electron chi connectivity index (χ0n) is 12.2. The third-order valence-electron chi connectivity index (χ3n) is 4.48. The average molecular weight is 309 g/mol. The molecule has 1 aromatic rings. The molecule has 0 atom stereocenters. The Morgan fingerprint density at radius 2 is 1.86 bits per heavy atom. The van der Waals surface area contributed by atoms with Gasteiger partial charge in [0.05, 0.1) is 0 Å². The number of nitrogens with zero attached hydrogens (tertiary/aromatic N) is 2. The van der Waals surface area contributed by atoms with Gasteiger partial charge < -0.3 is 5.73 Å². The third kappa shape index (κ3) is 3.37. The molecule has 6 heteroatoms. The van der Waals surface area contributed by atoms with Crippen LogP contribution in [0.5, 0.6) is 0 Å². The molecule has 3 rings (SSSR count). The highest BCUT2D eigenvalue weighted by molar-refractivity contribution is 7.89. The van der Waals surface area contributed by atoms with Crippen LogP contribution >= 0.6 is 0 Å². The van der Waals surface area contributed by atoms with Gasteiger partial charge in [0, 0.05) is 18.8 Å². The van der Waals surface area contributed by atoms with Crippen molar-refractivity contribution in [2.45, 2.75) is 55.9 Å². The van der Waals surface area contributed by atoms with Gasteiger partial charge in [0.25, 0.3) is 0 Å². The molecular formula is C15H23N3O2S. The quantitative estimate of drug-likeness (QED) is 0.906. The second kappa shape index (κ2) is 5.93. The molecule has 2 saturated carbocycles. The van der Waals surface area contributed by atoms with Crippen LogP contribution in [0.4, 0.5) is 5.82 Å². The van der Waals surface area contributed by atoms with E-state index in [2.05, 4.69) is 4.98 Å². The van der Waals surface area contributed by atoms with Gasteiger partial charge in [-0.2, -0.15) is 4.31 Å². The number of sulfonamides is 1. The summed E-state index contributed by atoms with van der Waals surface area (Å²) in [6.45, 7) is 0.664. The number of hydrogen-bond acceptors (Lipinski definition) is 4. The molecule has 0 saturated heterocycles. The van der Waals surface area contributed by atoms with E-state index in [0.717, 1.165) is 25.7 Å². The van der Waals surface area contributed by atoms with Gasteiger partial charge in [0.2, 0.25) is 10.0 Å². The molecule has 0 aliphatic heterocycles. The normalized spacial score (nSPS) is 20.8. The molecule has 21 heavy (non-hydrogen) atoms. The summed E-state index contributed by atoms with van der Waals surface area (Å²) in [7, 11) is -3.44. The van der Waals surface area contributed by atoms with Crippen molar-refractivity contribution >= 4 is 15.8 Å². The van der Waals surface area contributed by atoms with Gasteiger partial charge in [-0.25, -0.2) is 13.4 Å². The van der Waals surface area contributed by atoms with E-state index in [1.807, 2.05) is 0 Å². The lowest BCUT2D eigenvalue weighted by Crippen LogP contribution is -2.37. The van der Waals surface area contributed by atoms with Crippen molar-refractivity contribution in [2.75, 3.05) is 12.3 Å². The van der Waals surface area contributed by atoms with Gasteiger partial charge in [-0.15, -0.1) is 0 Å². The van der Waals surface area contributed by atoms with E-state index in [4.69, 9.17) is 5.73 Å². The molecule has 0 amide bonds. The molecule has 0 aromatic carbocycles. The van der Waals surface area contributed by atoms with Crippen molar-refractivity contribution in [3.63, 3.8) is 0 Å². The molecule has 2 aliphatic carbocycles. The summed E-state index contributed by atoms with van der Waals surface area (Å²) in [4.78, 5) is 4.19. The Labute approximate surface area is 126 Å². The lowest BCUT2D eigenvalue weighted by molar-refractivity contribution is 0.274. The Balaban J connectivity index is 1.80. The van der Waals surface area contributed by atoms with E-state index in [0.29, 0.717) is 18.3 Å². The summed E-state index contributed by atoms with van der Waals surface area (Å²) in [6.07, 6.45) is 9.38. The van der Waals surface area contributed by atoms with Crippen LogP contribution in [-0.2, 0) is 10.0 Å². The smallest absolute Gasteiger partial charge is 0.244 e. The van der Waals surface area contributed by atoms with Gasteiger partial charge in [-0.3, -0.25) is 0 Å². The van der Waals surface area contributed by atoms with E-state index in [9.17, 15) is 8.42 Å². The van der Waals surface area contributed by atoms with Crippen molar-refractivity contribution in [3.8, 4) is 0 Å². The Bertz CT molecular complexity index is 575. The van der Waals surface area contributed by atoms with Gasteiger partial charge in [0.1, 0.15) is 10.7 Å². The SMILES string of the molecule is Nc1ccc(S(=O)(=O)N(CC2CCCCC2)C2CC2)cn1. The molecule has 116 valence electrons. The third-order valence-corrected chi connectivity index (χ3v) is 6.38. The standard InChI is InChI=1S/C15H23N3O2S/c16-15-9-8-14(10-17-15)21(19,20)18(13-6-7-13)11-12-4-2-1-3-5-12/h8-10,12-13H,1-7,11H2,(H2,16,17). The van der Waals surface area contributed by atoms with E-state index >= 15 is 0 Å². The number of rotatable bonds is 5. The molecule has 0 radical (unpaired) electrons. The maximum Gasteiger partial charge on any atom is 0.244 e. The maximum atomic E-state index is 12.8. The number of nitrogens with two attached hydrogens (primary N) is 1. The average Bonchev–Trinajstić information content (AvgIpc) is 3.31. The fraction of sp³-hybridized carbons (Fsp3) is 0.667. The van der Waals surface area contributed by atoms with E-state index in [-0.39, 0.29) is 10.9 Å². The zero-order chi connectivity index (χ0) is 14.9. The molecule has 2 fully saturated rings. The van der Waals surface area contributed by atoms with Crippen LogP contribution < -0.4 is 5.73 Å². The van der Waals surface area contributed by atoms with Crippen molar-refractivity contribution in [1.29, 1.82) is 0 Å². The first kappa shape index (κ1) is 14.8. The van der Waals surface area contributed by atoms with Crippen LogP contribution in [0.2, 0.25) is 0 Å². The zero-order valence-corrected chi connectivity index (χ0v) is 13.1. The number of nitrogen functional groups attached to an aromatic ring is 1. The second-order valence-corrected chi connectivity index (χ2v) is 8.12. The van der Waals surface area contributed by atoms with E-state index < -0.39 is 10.0 Å². The van der Waals surface area contributed by atoms with Gasteiger partial charge in [-0.05, 0) is 43.7 Å². The molecule has 2 aliphatic rings. The molecule has 2 N–H and O–H groups in total. The highest BCUT2D eigenvalue weighted by Crippen LogP contribution is 2.35. The summed E-state index contributed by atoms with van der Waals surface area (Å²) in [5.41, 5.74) is 5.55. The molecule has 0 spiro atoms. The van der Waals surface area contributed by atoms with Gasteiger partial charge in [0.15, 0.2) is 0 Å². The molecule has 0 unspecified atom stereocenters. The molecule has 1 heterocycles. The lowest BCUT2D eigenvalue weighted by Gasteiger charge is -2.29. The topological polar surface area (TPSA) is 76.3 Å². The number of pyridine rings is 1. The monoisotopic (exact) mass is 309 g/mol. The first-order chi connectivity index (χ1) is 10.1. The fourth-order valence-electron chi connectivity index (χ4n) is 3.11. The Kier molecular flexibility index (Phi) is 4.17. The van der Waals surface area contributed by atoms with Crippen molar-refractivity contribution in [2.24, 2.45) is 5.92 Å². The van der Waals surface area contributed by atoms with Crippen LogP contribution in [0.3, 0.4) is 0 Å². The van der Waals surface area contributed by atoms with Gasteiger partial charge >= 0.3 is 0 Å². The molecular weight excluding hydrogens is 286 g/mol. The number of aromatic nitrogens is 1. The minimum atomic E-state index is -3.44. The molecule has 1 aromatic heterocycles. The van der Waals surface area contributed by atoms with Crippen LogP contribution in [0.25, 0.3) is 0 Å².